The van der Waals surface area contributed by atoms with Gasteiger partial charge in [0.05, 0.1) is 11.6 Å². The number of nitrogens with zero attached hydrogens (tertiary/aromatic N) is 1. The second-order valence-corrected chi connectivity index (χ2v) is 4.93. The van der Waals surface area contributed by atoms with Crippen LogP contribution in [-0.4, -0.2) is 32.7 Å². The van der Waals surface area contributed by atoms with Crippen LogP contribution in [0.4, 0.5) is 0 Å². The molecule has 0 spiro atoms. The standard InChI is InChI=1S/C18H12N2O5/c19-9-11-1-3-12(4-2-11)17(23)13-7-14(20-10-13)5-6-15(21)8-16(22)18(24)25/h1-8,10,20,22H,(H,24,25)/b6-5+,16-8-. The van der Waals surface area contributed by atoms with E-state index in [9.17, 15) is 14.4 Å². The van der Waals surface area contributed by atoms with Crippen molar-refractivity contribution in [3.05, 3.63) is 76.8 Å². The van der Waals surface area contributed by atoms with Crippen molar-refractivity contribution in [1.29, 1.82) is 5.26 Å². The van der Waals surface area contributed by atoms with Crippen LogP contribution in [0, 0.1) is 11.3 Å². The predicted octanol–water partition coefficient (Wildman–Crippen LogP) is 2.23. The molecule has 0 aliphatic carbocycles. The van der Waals surface area contributed by atoms with Gasteiger partial charge in [0.15, 0.2) is 11.6 Å². The summed E-state index contributed by atoms with van der Waals surface area (Å²) in [6.07, 6.45) is 4.45. The SMILES string of the molecule is N#Cc1ccc(C(=O)c2c[nH]c(/C=C/C(=O)/C=C(\O)C(=O)O)c2)cc1. The van der Waals surface area contributed by atoms with E-state index in [-0.39, 0.29) is 5.78 Å². The Kier molecular flexibility index (Phi) is 5.28. The highest BCUT2D eigenvalue weighted by Gasteiger charge is 2.11. The van der Waals surface area contributed by atoms with Crippen LogP contribution in [0.25, 0.3) is 6.08 Å². The number of aliphatic carboxylic acids is 1. The summed E-state index contributed by atoms with van der Waals surface area (Å²) in [5.74, 6) is -3.63. The number of aliphatic hydroxyl groups excluding tert-OH is 1. The number of aromatic nitrogens is 1. The van der Waals surface area contributed by atoms with Gasteiger partial charge in [-0.3, -0.25) is 9.59 Å². The van der Waals surface area contributed by atoms with Gasteiger partial charge in [0.25, 0.3) is 0 Å². The van der Waals surface area contributed by atoms with Crippen molar-refractivity contribution in [2.75, 3.05) is 0 Å². The third kappa shape index (κ3) is 4.53. The first-order chi connectivity index (χ1) is 11.9. The van der Waals surface area contributed by atoms with Crippen LogP contribution in [0.15, 0.2) is 54.4 Å². The molecule has 25 heavy (non-hydrogen) atoms. The maximum absolute atomic E-state index is 12.3. The molecule has 0 aliphatic rings. The van der Waals surface area contributed by atoms with Crippen molar-refractivity contribution in [2.45, 2.75) is 0 Å². The van der Waals surface area contributed by atoms with Gasteiger partial charge in [-0.2, -0.15) is 5.26 Å². The number of nitriles is 1. The van der Waals surface area contributed by atoms with Crippen molar-refractivity contribution in [1.82, 2.24) is 4.98 Å². The fraction of sp³-hybridized carbons (Fsp3) is 0. The number of nitrogens with one attached hydrogen (secondary N) is 1. The first-order valence-corrected chi connectivity index (χ1v) is 7.00. The fourth-order valence-electron chi connectivity index (χ4n) is 1.92. The third-order valence-corrected chi connectivity index (χ3v) is 3.17. The number of carbonyl (C=O) groups excluding carboxylic acids is 2. The number of H-pyrrole nitrogens is 1. The zero-order chi connectivity index (χ0) is 18.4. The van der Waals surface area contributed by atoms with Gasteiger partial charge < -0.3 is 15.2 Å². The van der Waals surface area contributed by atoms with Gasteiger partial charge in [0.2, 0.25) is 5.76 Å². The van der Waals surface area contributed by atoms with E-state index >= 15 is 0 Å². The molecule has 0 radical (unpaired) electrons. The number of carboxylic acids is 1. The van der Waals surface area contributed by atoms with Gasteiger partial charge in [-0.25, -0.2) is 4.79 Å². The van der Waals surface area contributed by atoms with E-state index in [1.165, 1.54) is 18.3 Å². The molecule has 1 aromatic heterocycles. The highest BCUT2D eigenvalue weighted by atomic mass is 16.4. The molecule has 1 aromatic carbocycles. The number of aliphatic hydroxyl groups is 1. The minimum atomic E-state index is -1.60. The number of aromatic amines is 1. The molecule has 1 heterocycles. The summed E-state index contributed by atoms with van der Waals surface area (Å²) in [7, 11) is 0. The van der Waals surface area contributed by atoms with E-state index in [4.69, 9.17) is 15.5 Å². The molecule has 0 aliphatic heterocycles. The van der Waals surface area contributed by atoms with Crippen molar-refractivity contribution in [2.24, 2.45) is 0 Å². The molecule has 0 atom stereocenters. The van der Waals surface area contributed by atoms with E-state index in [1.54, 1.807) is 24.3 Å². The van der Waals surface area contributed by atoms with Gasteiger partial charge >= 0.3 is 5.97 Å². The first-order valence-electron chi connectivity index (χ1n) is 7.00. The molecule has 124 valence electrons. The number of ketones is 2. The number of hydrogen-bond donors (Lipinski definition) is 3. The van der Waals surface area contributed by atoms with Crippen LogP contribution in [0.2, 0.25) is 0 Å². The minimum Gasteiger partial charge on any atom is -0.502 e. The summed E-state index contributed by atoms with van der Waals surface area (Å²) < 4.78 is 0. The zero-order valence-electron chi connectivity index (χ0n) is 12.8. The summed E-state index contributed by atoms with van der Waals surface area (Å²) in [6, 6.07) is 9.67. The Hall–Kier alpha value is -3.92. The summed E-state index contributed by atoms with van der Waals surface area (Å²) in [6.45, 7) is 0. The zero-order valence-corrected chi connectivity index (χ0v) is 12.8. The van der Waals surface area contributed by atoms with Crippen molar-refractivity contribution >= 4 is 23.6 Å². The molecule has 7 nitrogen and oxygen atoms in total. The van der Waals surface area contributed by atoms with Gasteiger partial charge in [-0.15, -0.1) is 0 Å². The van der Waals surface area contributed by atoms with Crippen molar-refractivity contribution in [3.8, 4) is 6.07 Å². The smallest absolute Gasteiger partial charge is 0.371 e. The molecule has 2 aromatic rings. The van der Waals surface area contributed by atoms with Crippen molar-refractivity contribution in [3.63, 3.8) is 0 Å². The number of hydrogen-bond acceptors (Lipinski definition) is 5. The molecule has 0 bridgehead atoms. The molecule has 0 amide bonds. The Morgan fingerprint density at radius 2 is 1.76 bits per heavy atom. The van der Waals surface area contributed by atoms with E-state index in [0.717, 1.165) is 6.08 Å². The van der Waals surface area contributed by atoms with Gasteiger partial charge in [0, 0.05) is 29.1 Å². The Morgan fingerprint density at radius 1 is 1.08 bits per heavy atom. The molecule has 7 heteroatoms. The molecule has 0 saturated heterocycles. The Labute approximate surface area is 142 Å². The number of benzene rings is 1. The third-order valence-electron chi connectivity index (χ3n) is 3.17. The molecule has 3 N–H and O–H groups in total. The van der Waals surface area contributed by atoms with Gasteiger partial charge in [-0.05, 0) is 42.5 Å². The average molecular weight is 336 g/mol. The van der Waals surface area contributed by atoms with Gasteiger partial charge in [-0.1, -0.05) is 0 Å². The summed E-state index contributed by atoms with van der Waals surface area (Å²) in [5, 5.41) is 26.2. The Balaban J connectivity index is 2.11. The second-order valence-electron chi connectivity index (χ2n) is 4.93. The lowest BCUT2D eigenvalue weighted by Gasteiger charge is -1.97. The first kappa shape index (κ1) is 17.4. The lowest BCUT2D eigenvalue weighted by Crippen LogP contribution is -2.01. The maximum atomic E-state index is 12.3. The van der Waals surface area contributed by atoms with Crippen LogP contribution in [-0.2, 0) is 9.59 Å². The highest BCUT2D eigenvalue weighted by molar-refractivity contribution is 6.09. The molecular weight excluding hydrogens is 324 g/mol. The quantitative estimate of drug-likeness (QED) is 0.421. The van der Waals surface area contributed by atoms with Crippen LogP contribution < -0.4 is 0 Å². The molecule has 0 unspecified atom stereocenters. The Bertz CT molecular complexity index is 927. The summed E-state index contributed by atoms with van der Waals surface area (Å²) in [5.41, 5.74) is 1.68. The maximum Gasteiger partial charge on any atom is 0.371 e. The topological polar surface area (TPSA) is 131 Å². The van der Waals surface area contributed by atoms with E-state index in [1.807, 2.05) is 6.07 Å². The number of carbonyl (C=O) groups is 3. The summed E-state index contributed by atoms with van der Waals surface area (Å²) >= 11 is 0. The Morgan fingerprint density at radius 3 is 2.36 bits per heavy atom. The lowest BCUT2D eigenvalue weighted by atomic mass is 10.0. The number of carboxylic acid groups (broad SMARTS) is 1. The average Bonchev–Trinajstić information content (AvgIpc) is 3.08. The largest absolute Gasteiger partial charge is 0.502 e. The normalized spacial score (nSPS) is 11.2. The highest BCUT2D eigenvalue weighted by Crippen LogP contribution is 2.13. The second kappa shape index (κ2) is 7.57. The molecule has 2 rings (SSSR count). The van der Waals surface area contributed by atoms with Crippen LogP contribution in [0.3, 0.4) is 0 Å². The minimum absolute atomic E-state index is 0.255. The van der Waals surface area contributed by atoms with E-state index in [2.05, 4.69) is 4.98 Å². The van der Waals surface area contributed by atoms with E-state index in [0.29, 0.717) is 28.5 Å². The lowest BCUT2D eigenvalue weighted by molar-refractivity contribution is -0.135. The fourth-order valence-corrected chi connectivity index (χ4v) is 1.92. The monoisotopic (exact) mass is 336 g/mol. The molecule has 0 fully saturated rings. The number of rotatable bonds is 6. The molecular formula is C18H12N2O5. The molecule has 0 saturated carbocycles. The van der Waals surface area contributed by atoms with Crippen LogP contribution in [0.5, 0.6) is 0 Å². The van der Waals surface area contributed by atoms with Crippen LogP contribution in [0.1, 0.15) is 27.2 Å². The summed E-state index contributed by atoms with van der Waals surface area (Å²) in [4.78, 5) is 37.0. The predicted molar refractivity (Wildman–Crippen MR) is 87.8 cm³/mol. The van der Waals surface area contributed by atoms with Crippen molar-refractivity contribution < 1.29 is 24.6 Å². The van der Waals surface area contributed by atoms with Gasteiger partial charge in [0.1, 0.15) is 0 Å². The van der Waals surface area contributed by atoms with E-state index < -0.39 is 17.5 Å². The van der Waals surface area contributed by atoms with Crippen LogP contribution >= 0.6 is 0 Å². The number of allylic oxidation sites excluding steroid dienone is 2.